The molecule has 0 radical (unpaired) electrons. The van der Waals surface area contributed by atoms with Crippen molar-refractivity contribution in [3.8, 4) is 5.75 Å². The van der Waals surface area contributed by atoms with E-state index >= 15 is 0 Å². The van der Waals surface area contributed by atoms with Gasteiger partial charge in [0.25, 0.3) is 0 Å². The summed E-state index contributed by atoms with van der Waals surface area (Å²) >= 11 is 3.55. The fourth-order valence-electron chi connectivity index (χ4n) is 2.01. The Morgan fingerprint density at radius 3 is 2.53 bits per heavy atom. The van der Waals surface area contributed by atoms with Crippen LogP contribution in [0.3, 0.4) is 0 Å². The topological polar surface area (TPSA) is 21.3 Å². The third-order valence-electron chi connectivity index (χ3n) is 2.99. The van der Waals surface area contributed by atoms with E-state index in [1.165, 1.54) is 11.1 Å². The monoisotopic (exact) mass is 319 g/mol. The molecule has 2 nitrogen and oxygen atoms in total. The first-order chi connectivity index (χ1) is 9.22. The second kappa shape index (κ2) is 6.73. The van der Waals surface area contributed by atoms with Crippen LogP contribution in [0.5, 0.6) is 5.75 Å². The second-order valence-corrected chi connectivity index (χ2v) is 5.33. The van der Waals surface area contributed by atoms with Gasteiger partial charge in [-0.05, 0) is 25.6 Å². The highest BCUT2D eigenvalue weighted by Gasteiger charge is 2.07. The van der Waals surface area contributed by atoms with E-state index in [1.54, 1.807) is 0 Å². The lowest BCUT2D eigenvalue weighted by Crippen LogP contribution is -2.08. The van der Waals surface area contributed by atoms with E-state index in [1.807, 2.05) is 25.2 Å². The van der Waals surface area contributed by atoms with E-state index in [4.69, 9.17) is 4.74 Å². The van der Waals surface area contributed by atoms with Crippen LogP contribution in [0.1, 0.15) is 16.7 Å². The Morgan fingerprint density at radius 2 is 1.79 bits per heavy atom. The molecule has 0 aliphatic rings. The standard InChI is InChI=1S/C16H18BrNO/c1-12-6-5-8-13(10-18-2)16(12)19-11-14-7-3-4-9-15(14)17/h3-9,18H,10-11H2,1-2H3. The molecular formula is C16H18BrNO. The van der Waals surface area contributed by atoms with Gasteiger partial charge in [0.15, 0.2) is 0 Å². The quantitative estimate of drug-likeness (QED) is 0.897. The molecule has 0 heterocycles. The van der Waals surface area contributed by atoms with Crippen molar-refractivity contribution in [1.29, 1.82) is 0 Å². The predicted molar refractivity (Wildman–Crippen MR) is 82.4 cm³/mol. The van der Waals surface area contributed by atoms with Crippen molar-refractivity contribution in [3.63, 3.8) is 0 Å². The van der Waals surface area contributed by atoms with Gasteiger partial charge in [-0.1, -0.05) is 52.3 Å². The summed E-state index contributed by atoms with van der Waals surface area (Å²) in [4.78, 5) is 0. The molecular weight excluding hydrogens is 302 g/mol. The van der Waals surface area contributed by atoms with Crippen LogP contribution < -0.4 is 10.1 Å². The van der Waals surface area contributed by atoms with Crippen molar-refractivity contribution in [2.45, 2.75) is 20.1 Å². The molecule has 1 N–H and O–H groups in total. The molecule has 0 saturated carbocycles. The number of ether oxygens (including phenoxy) is 1. The average molecular weight is 320 g/mol. The van der Waals surface area contributed by atoms with Crippen LogP contribution in [-0.4, -0.2) is 7.05 Å². The molecule has 0 atom stereocenters. The molecule has 0 aliphatic carbocycles. The van der Waals surface area contributed by atoms with Crippen LogP contribution in [-0.2, 0) is 13.2 Å². The van der Waals surface area contributed by atoms with Gasteiger partial charge in [0.05, 0.1) is 0 Å². The molecule has 0 spiro atoms. The number of aryl methyl sites for hydroxylation is 1. The Bertz CT molecular complexity index is 554. The summed E-state index contributed by atoms with van der Waals surface area (Å²) in [6.07, 6.45) is 0. The van der Waals surface area contributed by atoms with Gasteiger partial charge in [0.1, 0.15) is 12.4 Å². The van der Waals surface area contributed by atoms with Gasteiger partial charge in [-0.2, -0.15) is 0 Å². The lowest BCUT2D eigenvalue weighted by molar-refractivity contribution is 0.299. The second-order valence-electron chi connectivity index (χ2n) is 4.47. The summed E-state index contributed by atoms with van der Waals surface area (Å²) in [6, 6.07) is 14.4. The molecule has 2 aromatic carbocycles. The molecule has 0 unspecified atom stereocenters. The van der Waals surface area contributed by atoms with Crippen molar-refractivity contribution in [2.75, 3.05) is 7.05 Å². The number of halogens is 1. The van der Waals surface area contributed by atoms with Gasteiger partial charge in [0, 0.05) is 22.1 Å². The Balaban J connectivity index is 2.17. The average Bonchev–Trinajstić information content (AvgIpc) is 2.40. The highest BCUT2D eigenvalue weighted by Crippen LogP contribution is 2.25. The zero-order valence-corrected chi connectivity index (χ0v) is 12.8. The SMILES string of the molecule is CNCc1cccc(C)c1OCc1ccccc1Br. The molecule has 2 aromatic rings. The summed E-state index contributed by atoms with van der Waals surface area (Å²) in [5, 5.41) is 3.17. The van der Waals surface area contributed by atoms with E-state index < -0.39 is 0 Å². The first-order valence-electron chi connectivity index (χ1n) is 6.31. The highest BCUT2D eigenvalue weighted by molar-refractivity contribution is 9.10. The molecule has 2 rings (SSSR count). The summed E-state index contributed by atoms with van der Waals surface area (Å²) in [5.74, 6) is 0.979. The van der Waals surface area contributed by atoms with Crippen LogP contribution in [0.15, 0.2) is 46.9 Å². The predicted octanol–water partition coefficient (Wildman–Crippen LogP) is 4.06. The fourth-order valence-corrected chi connectivity index (χ4v) is 2.41. The molecule has 0 saturated heterocycles. The lowest BCUT2D eigenvalue weighted by atomic mass is 10.1. The molecule has 100 valence electrons. The fraction of sp³-hybridized carbons (Fsp3) is 0.250. The number of rotatable bonds is 5. The minimum atomic E-state index is 0.572. The summed E-state index contributed by atoms with van der Waals surface area (Å²) in [6.45, 7) is 3.46. The van der Waals surface area contributed by atoms with Gasteiger partial charge in [0.2, 0.25) is 0 Å². The van der Waals surface area contributed by atoms with Crippen LogP contribution in [0.4, 0.5) is 0 Å². The number of para-hydroxylation sites is 1. The van der Waals surface area contributed by atoms with Gasteiger partial charge < -0.3 is 10.1 Å². The molecule has 0 fully saturated rings. The van der Waals surface area contributed by atoms with Crippen LogP contribution in [0.2, 0.25) is 0 Å². The zero-order valence-electron chi connectivity index (χ0n) is 11.2. The molecule has 19 heavy (non-hydrogen) atoms. The maximum Gasteiger partial charge on any atom is 0.127 e. The molecule has 0 amide bonds. The minimum absolute atomic E-state index is 0.572. The number of benzene rings is 2. The molecule has 0 bridgehead atoms. The summed E-state index contributed by atoms with van der Waals surface area (Å²) in [7, 11) is 1.94. The number of hydrogen-bond acceptors (Lipinski definition) is 2. The first-order valence-corrected chi connectivity index (χ1v) is 7.11. The van der Waals surface area contributed by atoms with E-state index in [0.717, 1.165) is 22.3 Å². The number of hydrogen-bond donors (Lipinski definition) is 1. The van der Waals surface area contributed by atoms with Crippen molar-refractivity contribution in [1.82, 2.24) is 5.32 Å². The Hall–Kier alpha value is -1.32. The third-order valence-corrected chi connectivity index (χ3v) is 3.76. The smallest absolute Gasteiger partial charge is 0.127 e. The normalized spacial score (nSPS) is 10.5. The van der Waals surface area contributed by atoms with Crippen molar-refractivity contribution < 1.29 is 4.74 Å². The molecule has 0 aliphatic heterocycles. The largest absolute Gasteiger partial charge is 0.488 e. The van der Waals surface area contributed by atoms with Crippen LogP contribution in [0, 0.1) is 6.92 Å². The van der Waals surface area contributed by atoms with E-state index in [9.17, 15) is 0 Å². The van der Waals surface area contributed by atoms with E-state index in [0.29, 0.717) is 6.61 Å². The van der Waals surface area contributed by atoms with Gasteiger partial charge in [-0.3, -0.25) is 0 Å². The Kier molecular flexibility index (Phi) is 5.00. The zero-order chi connectivity index (χ0) is 13.7. The minimum Gasteiger partial charge on any atom is -0.488 e. The van der Waals surface area contributed by atoms with Gasteiger partial charge in [-0.15, -0.1) is 0 Å². The Labute approximate surface area is 122 Å². The van der Waals surface area contributed by atoms with Crippen LogP contribution >= 0.6 is 15.9 Å². The lowest BCUT2D eigenvalue weighted by Gasteiger charge is -2.14. The maximum absolute atomic E-state index is 6.02. The van der Waals surface area contributed by atoms with Crippen molar-refractivity contribution in [2.24, 2.45) is 0 Å². The first kappa shape index (κ1) is 14.1. The third kappa shape index (κ3) is 3.58. The maximum atomic E-state index is 6.02. The highest BCUT2D eigenvalue weighted by atomic mass is 79.9. The van der Waals surface area contributed by atoms with Gasteiger partial charge in [-0.25, -0.2) is 0 Å². The van der Waals surface area contributed by atoms with E-state index in [-0.39, 0.29) is 0 Å². The summed E-state index contributed by atoms with van der Waals surface area (Å²) in [5.41, 5.74) is 3.51. The molecule has 0 aromatic heterocycles. The molecule has 3 heteroatoms. The van der Waals surface area contributed by atoms with Gasteiger partial charge >= 0.3 is 0 Å². The Morgan fingerprint density at radius 1 is 1.05 bits per heavy atom. The van der Waals surface area contributed by atoms with Crippen molar-refractivity contribution >= 4 is 15.9 Å². The van der Waals surface area contributed by atoms with Crippen molar-refractivity contribution in [3.05, 3.63) is 63.6 Å². The number of nitrogens with one attached hydrogen (secondary N) is 1. The van der Waals surface area contributed by atoms with E-state index in [2.05, 4.69) is 52.4 Å². The van der Waals surface area contributed by atoms with Crippen LogP contribution in [0.25, 0.3) is 0 Å². The summed E-state index contributed by atoms with van der Waals surface area (Å²) < 4.78 is 7.10.